The molecule has 2 fully saturated rings. The molecule has 12 nitrogen and oxygen atoms in total. The average molecular weight is 673 g/mol. The Morgan fingerprint density at radius 1 is 0.740 bits per heavy atom. The third-order valence-electron chi connectivity index (χ3n) is 9.66. The molecule has 7 rings (SSSR count). The Labute approximate surface area is 289 Å². The smallest absolute Gasteiger partial charge is 0.405 e. The van der Waals surface area contributed by atoms with E-state index in [2.05, 4.69) is 61.7 Å². The fourth-order valence-electron chi connectivity index (χ4n) is 7.10. The fraction of sp³-hybridized carbons (Fsp3) is 0.289. The van der Waals surface area contributed by atoms with E-state index in [-0.39, 0.29) is 23.9 Å². The number of amides is 3. The highest BCUT2D eigenvalue weighted by Gasteiger charge is 2.37. The Morgan fingerprint density at radius 3 is 1.66 bits per heavy atom. The van der Waals surface area contributed by atoms with E-state index in [4.69, 9.17) is 5.73 Å². The van der Waals surface area contributed by atoms with Crippen molar-refractivity contribution < 1.29 is 19.5 Å². The molecule has 4 heterocycles. The van der Waals surface area contributed by atoms with Gasteiger partial charge in [0, 0.05) is 13.1 Å². The van der Waals surface area contributed by atoms with Crippen LogP contribution in [0.2, 0.25) is 0 Å². The van der Waals surface area contributed by atoms with Crippen molar-refractivity contribution in [3.8, 4) is 33.6 Å². The van der Waals surface area contributed by atoms with Gasteiger partial charge in [-0.05, 0) is 60.4 Å². The third kappa shape index (κ3) is 6.61. The lowest BCUT2D eigenvalue weighted by molar-refractivity contribution is -0.134. The predicted octanol–water partition coefficient (Wildman–Crippen LogP) is 5.82. The van der Waals surface area contributed by atoms with Crippen molar-refractivity contribution >= 4 is 17.9 Å². The Bertz CT molecular complexity index is 1970. The first-order valence-electron chi connectivity index (χ1n) is 17.0. The monoisotopic (exact) mass is 672 g/mol. The van der Waals surface area contributed by atoms with Crippen molar-refractivity contribution in [2.45, 2.75) is 56.8 Å². The molecule has 3 aromatic carbocycles. The first kappa shape index (κ1) is 32.8. The minimum absolute atomic E-state index is 0.0503. The maximum absolute atomic E-state index is 13.7. The summed E-state index contributed by atoms with van der Waals surface area (Å²) in [6.45, 7) is 2.93. The zero-order valence-electron chi connectivity index (χ0n) is 27.8. The number of aromatic nitrogens is 4. The van der Waals surface area contributed by atoms with Gasteiger partial charge in [0.15, 0.2) is 0 Å². The molecule has 0 radical (unpaired) electrons. The second-order valence-corrected chi connectivity index (χ2v) is 13.0. The number of benzene rings is 3. The Hall–Kier alpha value is -5.75. The van der Waals surface area contributed by atoms with Crippen LogP contribution >= 0.6 is 0 Å². The number of hydrogen-bond acceptors (Lipinski definition) is 6. The minimum Gasteiger partial charge on any atom is -0.465 e. The molecule has 50 heavy (non-hydrogen) atoms. The summed E-state index contributed by atoms with van der Waals surface area (Å²) < 4.78 is 0. The van der Waals surface area contributed by atoms with E-state index >= 15 is 0 Å². The molecule has 12 heteroatoms. The summed E-state index contributed by atoms with van der Waals surface area (Å²) in [5.41, 5.74) is 12.3. The van der Waals surface area contributed by atoms with Gasteiger partial charge in [-0.1, -0.05) is 78.9 Å². The maximum Gasteiger partial charge on any atom is 0.405 e. The average Bonchev–Trinajstić information content (AvgIpc) is 3.97. The molecule has 0 spiro atoms. The van der Waals surface area contributed by atoms with Gasteiger partial charge in [-0.25, -0.2) is 14.8 Å². The molecule has 2 saturated heterocycles. The number of imidazole rings is 2. The molecule has 0 bridgehead atoms. The van der Waals surface area contributed by atoms with Crippen molar-refractivity contribution in [2.24, 2.45) is 5.73 Å². The van der Waals surface area contributed by atoms with E-state index in [0.29, 0.717) is 24.5 Å². The van der Waals surface area contributed by atoms with Gasteiger partial charge in [0.05, 0.1) is 41.9 Å². The van der Waals surface area contributed by atoms with Crippen molar-refractivity contribution in [1.82, 2.24) is 35.1 Å². The van der Waals surface area contributed by atoms with Gasteiger partial charge in [-0.15, -0.1) is 0 Å². The number of H-pyrrole nitrogens is 2. The number of likely N-dealkylation sites (tertiary alicyclic amines) is 2. The van der Waals surface area contributed by atoms with Crippen LogP contribution in [0, 0.1) is 0 Å². The van der Waals surface area contributed by atoms with Gasteiger partial charge in [0.25, 0.3) is 5.91 Å². The second-order valence-electron chi connectivity index (χ2n) is 13.0. The highest BCUT2D eigenvalue weighted by atomic mass is 16.4. The number of carboxylic acid groups (broad SMARTS) is 1. The zero-order valence-corrected chi connectivity index (χ0v) is 27.8. The summed E-state index contributed by atoms with van der Waals surface area (Å²) in [6.07, 6.45) is 5.66. The number of hydrogen-bond donors (Lipinski definition) is 5. The van der Waals surface area contributed by atoms with Crippen LogP contribution < -0.4 is 11.1 Å². The number of nitrogens with one attached hydrogen (secondary N) is 3. The van der Waals surface area contributed by atoms with Crippen LogP contribution in [0.25, 0.3) is 33.6 Å². The SMILES string of the molecule is C[C@H](N)C(=O)N1CCC[C@H]1c1ncc(-c2ccc(-c3ccc(-c4cnc([C@@H]5CCCN5C(=O)[C@H](NC(=O)O)c5ccccc5)[nH]4)cc3)cc2)[nH]1. The van der Waals surface area contributed by atoms with Gasteiger partial charge >= 0.3 is 6.09 Å². The zero-order chi connectivity index (χ0) is 34.8. The summed E-state index contributed by atoms with van der Waals surface area (Å²) in [6, 6.07) is 23.5. The summed E-state index contributed by atoms with van der Waals surface area (Å²) in [4.78, 5) is 57.5. The highest BCUT2D eigenvalue weighted by Crippen LogP contribution is 2.35. The summed E-state index contributed by atoms with van der Waals surface area (Å²) in [5.74, 6) is 1.12. The van der Waals surface area contributed by atoms with E-state index in [1.807, 2.05) is 29.3 Å². The summed E-state index contributed by atoms with van der Waals surface area (Å²) >= 11 is 0. The molecule has 0 aliphatic carbocycles. The van der Waals surface area contributed by atoms with Gasteiger partial charge in [-0.3, -0.25) is 9.59 Å². The number of rotatable bonds is 9. The minimum atomic E-state index is -1.25. The molecule has 2 aliphatic heterocycles. The Kier molecular flexibility index (Phi) is 9.18. The number of nitrogens with zero attached hydrogens (tertiary/aromatic N) is 4. The van der Waals surface area contributed by atoms with Crippen LogP contribution in [0.4, 0.5) is 4.79 Å². The highest BCUT2D eigenvalue weighted by molar-refractivity contribution is 5.87. The number of nitrogens with two attached hydrogens (primary N) is 1. The van der Waals surface area contributed by atoms with Crippen LogP contribution in [0.3, 0.4) is 0 Å². The van der Waals surface area contributed by atoms with E-state index < -0.39 is 18.2 Å². The number of aromatic amines is 2. The van der Waals surface area contributed by atoms with Crippen LogP contribution in [0.5, 0.6) is 0 Å². The molecule has 2 aromatic heterocycles. The molecule has 2 aliphatic rings. The lowest BCUT2D eigenvalue weighted by Gasteiger charge is -2.28. The predicted molar refractivity (Wildman–Crippen MR) is 188 cm³/mol. The first-order chi connectivity index (χ1) is 24.3. The topological polar surface area (TPSA) is 173 Å². The third-order valence-corrected chi connectivity index (χ3v) is 9.66. The van der Waals surface area contributed by atoms with Crippen LogP contribution in [-0.2, 0) is 9.59 Å². The molecule has 4 atom stereocenters. The standard InChI is InChI=1S/C38H40N8O4/c1-23(39)36(47)45-19-5-9-31(45)34-40-21-29(42-34)26-15-11-24(12-16-26)25-13-17-27(18-14-25)30-22-41-35(43-30)32-10-6-20-46(32)37(48)33(44-38(49)50)28-7-3-2-4-8-28/h2-4,7-8,11-18,21-23,31-33,44H,5-6,9-10,19-20,39H2,1H3,(H,40,42)(H,41,43)(H,49,50)/t23-,31-,32-,33+/m0/s1. The first-order valence-corrected chi connectivity index (χ1v) is 17.0. The number of carbonyl (C=O) groups excluding carboxylic acids is 2. The van der Waals surface area contributed by atoms with Crippen molar-refractivity contribution in [1.29, 1.82) is 0 Å². The quantitative estimate of drug-likeness (QED) is 0.131. The number of carbonyl (C=O) groups is 3. The van der Waals surface area contributed by atoms with Crippen molar-refractivity contribution in [2.75, 3.05) is 13.1 Å². The molecule has 5 aromatic rings. The van der Waals surface area contributed by atoms with Gasteiger partial charge < -0.3 is 35.9 Å². The molecular weight excluding hydrogens is 632 g/mol. The Morgan fingerprint density at radius 2 is 1.20 bits per heavy atom. The van der Waals surface area contributed by atoms with Gasteiger partial charge in [0.2, 0.25) is 5.91 Å². The lowest BCUT2D eigenvalue weighted by atomic mass is 10.0. The summed E-state index contributed by atoms with van der Waals surface area (Å²) in [7, 11) is 0. The molecule has 6 N–H and O–H groups in total. The van der Waals surface area contributed by atoms with Crippen molar-refractivity contribution in [3.05, 3.63) is 108 Å². The normalized spacial score (nSPS) is 18.6. The van der Waals surface area contributed by atoms with E-state index in [1.165, 1.54) is 0 Å². The van der Waals surface area contributed by atoms with Gasteiger partial charge in [-0.2, -0.15) is 0 Å². The van der Waals surface area contributed by atoms with Crippen LogP contribution in [0.1, 0.15) is 67.9 Å². The molecule has 0 saturated carbocycles. The second kappa shape index (κ2) is 14.0. The summed E-state index contributed by atoms with van der Waals surface area (Å²) in [5, 5.41) is 11.9. The molecule has 3 amide bonds. The van der Waals surface area contributed by atoms with E-state index in [0.717, 1.165) is 65.1 Å². The van der Waals surface area contributed by atoms with Crippen LogP contribution in [-0.4, -0.2) is 71.9 Å². The molecular formula is C38H40N8O4. The Balaban J connectivity index is 1.02. The van der Waals surface area contributed by atoms with E-state index in [9.17, 15) is 19.5 Å². The van der Waals surface area contributed by atoms with E-state index in [1.54, 1.807) is 42.3 Å². The fourth-order valence-corrected chi connectivity index (χ4v) is 7.10. The van der Waals surface area contributed by atoms with Gasteiger partial charge in [0.1, 0.15) is 17.7 Å². The lowest BCUT2D eigenvalue weighted by Crippen LogP contribution is -2.42. The van der Waals surface area contributed by atoms with Crippen molar-refractivity contribution in [3.63, 3.8) is 0 Å². The maximum atomic E-state index is 13.7. The molecule has 256 valence electrons. The van der Waals surface area contributed by atoms with Crippen LogP contribution in [0.15, 0.2) is 91.3 Å². The largest absolute Gasteiger partial charge is 0.465 e. The molecule has 0 unspecified atom stereocenters.